The second kappa shape index (κ2) is 11.2. The first-order valence-corrected chi connectivity index (χ1v) is 15.4. The zero-order valence-electron chi connectivity index (χ0n) is 25.4. The fraction of sp³-hybridized carbons (Fsp3) is 0.0698. The molecule has 0 N–H and O–H groups in total. The van der Waals surface area contributed by atoms with Crippen molar-refractivity contribution in [1.82, 2.24) is 0 Å². The van der Waals surface area contributed by atoms with E-state index in [1.54, 1.807) is 14.2 Å². The minimum Gasteiger partial charge on any atom is -0.497 e. The van der Waals surface area contributed by atoms with Crippen molar-refractivity contribution in [3.8, 4) is 33.8 Å². The lowest BCUT2D eigenvalue weighted by molar-refractivity contribution is 0.415. The summed E-state index contributed by atoms with van der Waals surface area (Å²) in [5.41, 5.74) is 7.47. The van der Waals surface area contributed by atoms with Crippen LogP contribution in [0.2, 0.25) is 0 Å². The van der Waals surface area contributed by atoms with E-state index in [2.05, 4.69) is 146 Å². The highest BCUT2D eigenvalue weighted by Gasteiger charge is 2.19. The topological polar surface area (TPSA) is 18.5 Å². The monoisotopic (exact) mass is 580 g/mol. The molecule has 0 saturated carbocycles. The van der Waals surface area contributed by atoms with Gasteiger partial charge in [-0.15, -0.1) is 0 Å². The molecule has 8 rings (SSSR count). The van der Waals surface area contributed by atoms with Crippen LogP contribution in [0.1, 0.15) is 11.1 Å². The third-order valence-corrected chi connectivity index (χ3v) is 9.11. The average molecular weight is 581 g/mol. The molecule has 0 radical (unpaired) electrons. The zero-order chi connectivity index (χ0) is 30.3. The van der Waals surface area contributed by atoms with E-state index in [-0.39, 0.29) is 0 Å². The first-order valence-electron chi connectivity index (χ1n) is 15.4. The lowest BCUT2D eigenvalue weighted by Crippen LogP contribution is -1.97. The summed E-state index contributed by atoms with van der Waals surface area (Å²) in [6, 6.07) is 52.6. The van der Waals surface area contributed by atoms with Gasteiger partial charge in [0, 0.05) is 0 Å². The molecule has 0 aromatic heterocycles. The minimum absolute atomic E-state index is 0.816. The van der Waals surface area contributed by atoms with Gasteiger partial charge in [0.25, 0.3) is 0 Å². The second-order valence-electron chi connectivity index (χ2n) is 11.6. The van der Waals surface area contributed by atoms with Crippen molar-refractivity contribution in [3.05, 3.63) is 157 Å². The number of hydrogen-bond donors (Lipinski definition) is 0. The largest absolute Gasteiger partial charge is 0.497 e. The molecule has 0 aliphatic heterocycles. The SMILES string of the molecule is COc1ccc(-c2c3ccccc3c(-c3ccc(OC)cc3)c3c(Cc4cccc5cc6ccccc6cc45)cccc23)cc1. The first-order chi connectivity index (χ1) is 22.2. The number of fused-ring (bicyclic) bond motifs is 4. The zero-order valence-corrected chi connectivity index (χ0v) is 25.4. The van der Waals surface area contributed by atoms with Crippen LogP contribution in [-0.2, 0) is 6.42 Å². The Bertz CT molecular complexity index is 2350. The molecule has 216 valence electrons. The Labute approximate surface area is 263 Å². The summed E-state index contributed by atoms with van der Waals surface area (Å²) < 4.78 is 11.1. The van der Waals surface area contributed by atoms with Gasteiger partial charge in [0.15, 0.2) is 0 Å². The highest BCUT2D eigenvalue weighted by molar-refractivity contribution is 6.22. The molecule has 8 aromatic carbocycles. The van der Waals surface area contributed by atoms with Gasteiger partial charge in [-0.05, 0) is 119 Å². The molecular formula is C43H32O2. The van der Waals surface area contributed by atoms with Gasteiger partial charge in [0.05, 0.1) is 14.2 Å². The Morgan fingerprint density at radius 3 is 1.58 bits per heavy atom. The predicted octanol–water partition coefficient (Wildman–Crippen LogP) is 11.2. The average Bonchev–Trinajstić information content (AvgIpc) is 3.10. The van der Waals surface area contributed by atoms with Crippen molar-refractivity contribution in [3.63, 3.8) is 0 Å². The van der Waals surface area contributed by atoms with Gasteiger partial charge in [-0.1, -0.05) is 109 Å². The van der Waals surface area contributed by atoms with Gasteiger partial charge in [0.1, 0.15) is 11.5 Å². The molecule has 0 spiro atoms. The number of ether oxygens (including phenoxy) is 2. The van der Waals surface area contributed by atoms with Crippen LogP contribution >= 0.6 is 0 Å². The normalized spacial score (nSPS) is 11.4. The summed E-state index contributed by atoms with van der Waals surface area (Å²) in [7, 11) is 3.43. The van der Waals surface area contributed by atoms with Gasteiger partial charge in [-0.2, -0.15) is 0 Å². The molecular weight excluding hydrogens is 548 g/mol. The molecule has 0 atom stereocenters. The van der Waals surface area contributed by atoms with Crippen molar-refractivity contribution in [2.45, 2.75) is 6.42 Å². The van der Waals surface area contributed by atoms with Crippen molar-refractivity contribution in [2.75, 3.05) is 14.2 Å². The quantitative estimate of drug-likeness (QED) is 0.182. The van der Waals surface area contributed by atoms with E-state index in [0.29, 0.717) is 0 Å². The van der Waals surface area contributed by atoms with Crippen LogP contribution in [0, 0.1) is 0 Å². The smallest absolute Gasteiger partial charge is 0.118 e. The third-order valence-electron chi connectivity index (χ3n) is 9.11. The van der Waals surface area contributed by atoms with Gasteiger partial charge < -0.3 is 9.47 Å². The van der Waals surface area contributed by atoms with Crippen LogP contribution in [0.4, 0.5) is 0 Å². The Hall–Kier alpha value is -5.60. The van der Waals surface area contributed by atoms with Crippen LogP contribution < -0.4 is 9.47 Å². The standard InChI is InChI=1S/C43H32O2/c1-44-35-21-17-28(18-22-35)41-37-14-5-6-15-38(37)42(29-19-23-36(45-2)24-20-29)43-34(13-8-16-39(41)43)26-33-12-7-11-32-25-30-9-3-4-10-31(30)27-40(32)33/h3-25,27H,26H2,1-2H3. The molecule has 0 saturated heterocycles. The molecule has 2 heteroatoms. The molecule has 2 nitrogen and oxygen atoms in total. The Morgan fingerprint density at radius 1 is 0.400 bits per heavy atom. The first kappa shape index (κ1) is 27.0. The fourth-order valence-electron chi connectivity index (χ4n) is 6.97. The lowest BCUT2D eigenvalue weighted by Gasteiger charge is -2.21. The number of benzene rings is 8. The van der Waals surface area contributed by atoms with E-state index in [4.69, 9.17) is 9.47 Å². The van der Waals surface area contributed by atoms with E-state index in [1.807, 2.05) is 0 Å². The van der Waals surface area contributed by atoms with Gasteiger partial charge in [-0.25, -0.2) is 0 Å². The van der Waals surface area contributed by atoms with E-state index < -0.39 is 0 Å². The molecule has 45 heavy (non-hydrogen) atoms. The number of hydrogen-bond acceptors (Lipinski definition) is 2. The Kier molecular flexibility index (Phi) is 6.69. The summed E-state index contributed by atoms with van der Waals surface area (Å²) in [6.45, 7) is 0. The van der Waals surface area contributed by atoms with Crippen LogP contribution in [-0.4, -0.2) is 14.2 Å². The third kappa shape index (κ3) is 4.67. The highest BCUT2D eigenvalue weighted by atomic mass is 16.5. The summed E-state index contributed by atoms with van der Waals surface area (Å²) in [6.07, 6.45) is 0.816. The van der Waals surface area contributed by atoms with Crippen molar-refractivity contribution in [2.24, 2.45) is 0 Å². The van der Waals surface area contributed by atoms with Crippen LogP contribution in [0.5, 0.6) is 11.5 Å². The molecule has 0 aliphatic carbocycles. The highest BCUT2D eigenvalue weighted by Crippen LogP contribution is 2.46. The maximum Gasteiger partial charge on any atom is 0.118 e. The summed E-state index contributed by atoms with van der Waals surface area (Å²) >= 11 is 0. The molecule has 0 amide bonds. The molecule has 0 bridgehead atoms. The molecule has 0 heterocycles. The van der Waals surface area contributed by atoms with E-state index >= 15 is 0 Å². The summed E-state index contributed by atoms with van der Waals surface area (Å²) in [5, 5.41) is 10.1. The summed E-state index contributed by atoms with van der Waals surface area (Å²) in [4.78, 5) is 0. The van der Waals surface area contributed by atoms with Gasteiger partial charge >= 0.3 is 0 Å². The maximum atomic E-state index is 5.54. The predicted molar refractivity (Wildman–Crippen MR) is 190 cm³/mol. The van der Waals surface area contributed by atoms with E-state index in [9.17, 15) is 0 Å². The number of methoxy groups -OCH3 is 2. The fourth-order valence-corrected chi connectivity index (χ4v) is 6.97. The lowest BCUT2D eigenvalue weighted by atomic mass is 9.83. The Balaban J connectivity index is 1.44. The molecule has 8 aromatic rings. The van der Waals surface area contributed by atoms with Crippen LogP contribution in [0.25, 0.3) is 65.3 Å². The van der Waals surface area contributed by atoms with E-state index in [0.717, 1.165) is 17.9 Å². The minimum atomic E-state index is 0.816. The van der Waals surface area contributed by atoms with Gasteiger partial charge in [0.2, 0.25) is 0 Å². The van der Waals surface area contributed by atoms with Gasteiger partial charge in [-0.3, -0.25) is 0 Å². The summed E-state index contributed by atoms with van der Waals surface area (Å²) in [5.74, 6) is 1.71. The van der Waals surface area contributed by atoms with Crippen LogP contribution in [0.3, 0.4) is 0 Å². The van der Waals surface area contributed by atoms with E-state index in [1.165, 1.54) is 76.5 Å². The van der Waals surface area contributed by atoms with Crippen molar-refractivity contribution in [1.29, 1.82) is 0 Å². The van der Waals surface area contributed by atoms with Crippen molar-refractivity contribution >= 4 is 43.1 Å². The maximum absolute atomic E-state index is 5.54. The Morgan fingerprint density at radius 2 is 0.911 bits per heavy atom. The molecule has 0 unspecified atom stereocenters. The van der Waals surface area contributed by atoms with Crippen LogP contribution in [0.15, 0.2) is 146 Å². The van der Waals surface area contributed by atoms with Crippen molar-refractivity contribution < 1.29 is 9.47 Å². The number of rotatable bonds is 6. The molecule has 0 fully saturated rings. The second-order valence-corrected chi connectivity index (χ2v) is 11.6. The molecule has 0 aliphatic rings.